The summed E-state index contributed by atoms with van der Waals surface area (Å²) in [6.07, 6.45) is 0. The van der Waals surface area contributed by atoms with E-state index in [2.05, 4.69) is 0 Å². The molecule has 0 atom stereocenters. The molecule has 6 N–H and O–H groups in total. The van der Waals surface area contributed by atoms with Crippen molar-refractivity contribution in [3.63, 3.8) is 0 Å². The second-order valence-corrected chi connectivity index (χ2v) is 4.41. The van der Waals surface area contributed by atoms with E-state index in [4.69, 9.17) is 30.6 Å². The van der Waals surface area contributed by atoms with Crippen LogP contribution in [0.15, 0.2) is 0 Å². The third kappa shape index (κ3) is 14.3. The van der Waals surface area contributed by atoms with Crippen molar-refractivity contribution in [3.8, 4) is 0 Å². The van der Waals surface area contributed by atoms with E-state index in [0.717, 1.165) is 0 Å². The fourth-order valence-electron chi connectivity index (χ4n) is 1.64. The van der Waals surface area contributed by atoms with Crippen LogP contribution in [-0.4, -0.2) is 119 Å². The lowest BCUT2D eigenvalue weighted by Crippen LogP contribution is -2.48. The van der Waals surface area contributed by atoms with Crippen molar-refractivity contribution in [2.75, 3.05) is 78.9 Å². The van der Waals surface area contributed by atoms with Crippen LogP contribution in [0.5, 0.6) is 0 Å². The molecule has 130 valence electrons. The zero-order chi connectivity index (χ0) is 16.6. The molecule has 0 fully saturated rings. The summed E-state index contributed by atoms with van der Waals surface area (Å²) in [5.41, 5.74) is 0. The summed E-state index contributed by atoms with van der Waals surface area (Å²) >= 11 is 0. The van der Waals surface area contributed by atoms with E-state index in [9.17, 15) is 5.21 Å². The van der Waals surface area contributed by atoms with Crippen molar-refractivity contribution in [1.29, 1.82) is 0 Å². The van der Waals surface area contributed by atoms with E-state index in [1.807, 2.05) is 0 Å². The van der Waals surface area contributed by atoms with Crippen molar-refractivity contribution in [2.45, 2.75) is 0 Å². The predicted molar refractivity (Wildman–Crippen MR) is 77.2 cm³/mol. The summed E-state index contributed by atoms with van der Waals surface area (Å²) in [6, 6.07) is 0. The molecule has 0 saturated carbocycles. The molecule has 9 nitrogen and oxygen atoms in total. The average Bonchev–Trinajstić information content (AvgIpc) is 2.41. The van der Waals surface area contributed by atoms with E-state index in [0.29, 0.717) is 19.6 Å². The number of aliphatic hydroxyl groups excluding tert-OH is 6. The topological polar surface area (TPSA) is 148 Å². The van der Waals surface area contributed by atoms with Crippen LogP contribution in [0.4, 0.5) is 0 Å². The van der Waals surface area contributed by atoms with E-state index in [1.165, 1.54) is 0 Å². The van der Waals surface area contributed by atoms with E-state index in [1.54, 1.807) is 4.90 Å². The number of hydrogen-bond acceptors (Lipinski definition) is 8. The molecule has 0 bridgehead atoms. The summed E-state index contributed by atoms with van der Waals surface area (Å²) in [4.78, 5) is 1.79. The number of hydroxylamine groups is 3. The van der Waals surface area contributed by atoms with Gasteiger partial charge in [0.1, 0.15) is 19.6 Å². The van der Waals surface area contributed by atoms with Gasteiger partial charge in [0.05, 0.1) is 39.6 Å². The lowest BCUT2D eigenvalue weighted by Gasteiger charge is -2.41. The van der Waals surface area contributed by atoms with Gasteiger partial charge in [-0.2, -0.15) is 0 Å². The minimum absolute atomic E-state index is 0.0289. The van der Waals surface area contributed by atoms with Gasteiger partial charge in [-0.15, -0.1) is 0 Å². The van der Waals surface area contributed by atoms with Crippen LogP contribution in [0.3, 0.4) is 0 Å². The molecule has 0 aromatic heterocycles. The molecule has 0 rings (SSSR count). The largest absolute Gasteiger partial charge is 0.633 e. The number of quaternary nitrogens is 1. The van der Waals surface area contributed by atoms with Crippen LogP contribution in [-0.2, 0) is 0 Å². The van der Waals surface area contributed by atoms with E-state index in [-0.39, 0.29) is 59.3 Å². The first-order chi connectivity index (χ1) is 10.0. The van der Waals surface area contributed by atoms with Crippen LogP contribution in [0.25, 0.3) is 0 Å². The van der Waals surface area contributed by atoms with Gasteiger partial charge in [-0.25, -0.2) is 0 Å². The fourth-order valence-corrected chi connectivity index (χ4v) is 1.64. The zero-order valence-electron chi connectivity index (χ0n) is 12.5. The molecular weight excluding hydrogens is 284 g/mol. The van der Waals surface area contributed by atoms with Crippen LogP contribution in [0, 0.1) is 5.21 Å². The standard InChI is InChI=1S/C6H15NO4.C6H15NO3/c8-4-1-7(11,2-5-9)3-6-10;8-4-1-7(2-5-9)3-6-10/h8-10H,1-6H2;8-10H,1-6H2. The van der Waals surface area contributed by atoms with Crippen LogP contribution >= 0.6 is 0 Å². The molecule has 0 aliphatic heterocycles. The molecule has 0 heterocycles. The minimum Gasteiger partial charge on any atom is -0.633 e. The zero-order valence-corrected chi connectivity index (χ0v) is 12.5. The van der Waals surface area contributed by atoms with Gasteiger partial charge in [-0.1, -0.05) is 0 Å². The first-order valence-electron chi connectivity index (χ1n) is 6.98. The first kappa shape index (κ1) is 22.9. The molecule has 21 heavy (non-hydrogen) atoms. The highest BCUT2D eigenvalue weighted by Gasteiger charge is 2.13. The summed E-state index contributed by atoms with van der Waals surface area (Å²) in [5, 5.41) is 62.2. The van der Waals surface area contributed by atoms with Gasteiger partial charge < -0.3 is 40.5 Å². The van der Waals surface area contributed by atoms with Gasteiger partial charge in [0.15, 0.2) is 0 Å². The minimum atomic E-state index is -0.719. The van der Waals surface area contributed by atoms with Gasteiger partial charge in [0.2, 0.25) is 0 Å². The maximum Gasteiger partial charge on any atom is 0.102 e. The summed E-state index contributed by atoms with van der Waals surface area (Å²) < 4.78 is -0.719. The van der Waals surface area contributed by atoms with Gasteiger partial charge in [-0.05, 0) is 0 Å². The lowest BCUT2D eigenvalue weighted by atomic mass is 10.4. The van der Waals surface area contributed by atoms with Crippen molar-refractivity contribution in [1.82, 2.24) is 4.90 Å². The highest BCUT2D eigenvalue weighted by atomic mass is 16.6. The monoisotopic (exact) mass is 314 g/mol. The number of nitrogens with zero attached hydrogens (tertiary/aromatic N) is 2. The second-order valence-electron chi connectivity index (χ2n) is 4.41. The maximum atomic E-state index is 11.4. The Labute approximate surface area is 125 Å². The van der Waals surface area contributed by atoms with E-state index < -0.39 is 4.65 Å². The molecule has 0 saturated heterocycles. The molecule has 0 amide bonds. The number of aliphatic hydroxyl groups is 6. The smallest absolute Gasteiger partial charge is 0.102 e. The summed E-state index contributed by atoms with van der Waals surface area (Å²) in [6.45, 7) is 1.18. The molecule has 0 spiro atoms. The van der Waals surface area contributed by atoms with Crippen molar-refractivity contribution in [3.05, 3.63) is 5.21 Å². The Balaban J connectivity index is 0. The van der Waals surface area contributed by atoms with Crippen LogP contribution in [0.1, 0.15) is 0 Å². The Morgan fingerprint density at radius 3 is 1.05 bits per heavy atom. The highest BCUT2D eigenvalue weighted by Crippen LogP contribution is 2.01. The molecule has 0 aromatic carbocycles. The molecule has 0 radical (unpaired) electrons. The van der Waals surface area contributed by atoms with Crippen molar-refractivity contribution in [2.24, 2.45) is 0 Å². The predicted octanol–water partition coefficient (Wildman–Crippen LogP) is -3.46. The SMILES string of the molecule is OCCN(CCO)CCO.[O-][N+](CCO)(CCO)CCO. The van der Waals surface area contributed by atoms with Crippen molar-refractivity contribution >= 4 is 0 Å². The molecule has 0 unspecified atom stereocenters. The Kier molecular flexibility index (Phi) is 17.5. The molecule has 0 aliphatic rings. The summed E-state index contributed by atoms with van der Waals surface area (Å²) in [5.74, 6) is 0. The molecular formula is C12H30N2O7. The molecule has 0 aromatic rings. The summed E-state index contributed by atoms with van der Waals surface area (Å²) in [7, 11) is 0. The highest BCUT2D eigenvalue weighted by molar-refractivity contribution is 4.54. The maximum absolute atomic E-state index is 11.4. The quantitative estimate of drug-likeness (QED) is 0.161. The van der Waals surface area contributed by atoms with Gasteiger partial charge >= 0.3 is 0 Å². The van der Waals surface area contributed by atoms with Gasteiger partial charge in [0, 0.05) is 19.6 Å². The second kappa shape index (κ2) is 16.0. The van der Waals surface area contributed by atoms with Crippen LogP contribution in [0.2, 0.25) is 0 Å². The van der Waals surface area contributed by atoms with Gasteiger partial charge in [-0.3, -0.25) is 4.90 Å². The Bertz CT molecular complexity index is 179. The van der Waals surface area contributed by atoms with Crippen LogP contribution < -0.4 is 0 Å². The number of rotatable bonds is 12. The molecule has 9 heteroatoms. The third-order valence-corrected chi connectivity index (χ3v) is 2.77. The Morgan fingerprint density at radius 1 is 0.571 bits per heavy atom. The van der Waals surface area contributed by atoms with Gasteiger partial charge in [0.25, 0.3) is 0 Å². The lowest BCUT2D eigenvalue weighted by molar-refractivity contribution is -0.881. The Morgan fingerprint density at radius 2 is 0.857 bits per heavy atom. The number of hydrogen-bond donors (Lipinski definition) is 6. The van der Waals surface area contributed by atoms with E-state index >= 15 is 0 Å². The normalized spacial score (nSPS) is 11.4. The third-order valence-electron chi connectivity index (χ3n) is 2.77. The first-order valence-corrected chi connectivity index (χ1v) is 6.98. The Hall–Kier alpha value is -0.360. The fraction of sp³-hybridized carbons (Fsp3) is 1.00. The van der Waals surface area contributed by atoms with Crippen molar-refractivity contribution < 1.29 is 35.3 Å². The molecule has 0 aliphatic carbocycles. The average molecular weight is 314 g/mol.